The molecule has 1 heteroatoms. The summed E-state index contributed by atoms with van der Waals surface area (Å²) < 4.78 is 0. The summed E-state index contributed by atoms with van der Waals surface area (Å²) in [5.74, 6) is 0. The highest BCUT2D eigenvalue weighted by Crippen LogP contribution is 2.33. The highest BCUT2D eigenvalue weighted by molar-refractivity contribution is 5.46. The maximum absolute atomic E-state index is 10.2. The molecule has 1 aliphatic carbocycles. The van der Waals surface area contributed by atoms with E-state index in [1.165, 1.54) is 11.1 Å². The molecule has 2 aromatic carbocycles. The van der Waals surface area contributed by atoms with Crippen molar-refractivity contribution in [3.63, 3.8) is 0 Å². The van der Waals surface area contributed by atoms with E-state index < -0.39 is 6.10 Å². The summed E-state index contributed by atoms with van der Waals surface area (Å²) in [6.45, 7) is 0. The van der Waals surface area contributed by atoms with Gasteiger partial charge in [-0.25, -0.2) is 0 Å². The smallest absolute Gasteiger partial charge is 0.105 e. The lowest BCUT2D eigenvalue weighted by Crippen LogP contribution is -2.12. The second-order valence-electron chi connectivity index (χ2n) is 3.89. The molecule has 0 aromatic heterocycles. The van der Waals surface area contributed by atoms with E-state index in [0.717, 1.165) is 17.5 Å². The molecular formula is C14H11O. The minimum Gasteiger partial charge on any atom is -0.384 e. The van der Waals surface area contributed by atoms with Gasteiger partial charge >= 0.3 is 0 Å². The summed E-state index contributed by atoms with van der Waals surface area (Å²) in [6.07, 6.45) is 0.394. The SMILES string of the molecule is OC1c2[c]cccc2Cc2ccccc21. The largest absolute Gasteiger partial charge is 0.384 e. The molecule has 0 heterocycles. The molecule has 73 valence electrons. The van der Waals surface area contributed by atoms with Crippen molar-refractivity contribution in [1.82, 2.24) is 0 Å². The average Bonchev–Trinajstić information content (AvgIpc) is 2.30. The van der Waals surface area contributed by atoms with Crippen molar-refractivity contribution in [2.24, 2.45) is 0 Å². The first kappa shape index (κ1) is 8.69. The summed E-state index contributed by atoms with van der Waals surface area (Å²) in [5.41, 5.74) is 4.35. The molecule has 1 N–H and O–H groups in total. The lowest BCUT2D eigenvalue weighted by molar-refractivity contribution is 0.215. The number of hydrogen-bond donors (Lipinski definition) is 1. The van der Waals surface area contributed by atoms with Crippen LogP contribution in [0.3, 0.4) is 0 Å². The van der Waals surface area contributed by atoms with E-state index in [-0.39, 0.29) is 0 Å². The van der Waals surface area contributed by atoms with Gasteiger partial charge in [0.05, 0.1) is 0 Å². The van der Waals surface area contributed by atoms with Crippen LogP contribution in [-0.4, -0.2) is 5.11 Å². The molecule has 0 bridgehead atoms. The Morgan fingerprint density at radius 3 is 2.80 bits per heavy atom. The van der Waals surface area contributed by atoms with Crippen molar-refractivity contribution in [2.45, 2.75) is 12.5 Å². The monoisotopic (exact) mass is 195 g/mol. The Bertz CT molecular complexity index is 457. The van der Waals surface area contributed by atoms with Gasteiger partial charge in [-0.1, -0.05) is 42.5 Å². The minimum atomic E-state index is -0.508. The topological polar surface area (TPSA) is 20.2 Å². The molecule has 1 nitrogen and oxygen atoms in total. The molecule has 1 aliphatic rings. The molecule has 0 fully saturated rings. The van der Waals surface area contributed by atoms with Gasteiger partial charge in [0.1, 0.15) is 6.10 Å². The van der Waals surface area contributed by atoms with Crippen LogP contribution in [0.2, 0.25) is 0 Å². The van der Waals surface area contributed by atoms with Gasteiger partial charge in [0, 0.05) is 0 Å². The standard InChI is InChI=1S/C14H11O/c15-14-12-7-3-1-5-10(12)9-11-6-2-4-8-13(11)14/h1-7,14-15H,9H2. The summed E-state index contributed by atoms with van der Waals surface area (Å²) in [4.78, 5) is 0. The van der Waals surface area contributed by atoms with Crippen molar-refractivity contribution in [3.8, 4) is 0 Å². The molecule has 0 saturated carbocycles. The molecule has 3 rings (SSSR count). The lowest BCUT2D eigenvalue weighted by atomic mass is 9.84. The predicted octanol–water partition coefficient (Wildman–Crippen LogP) is 2.47. The normalized spacial score (nSPS) is 14.5. The summed E-state index contributed by atoms with van der Waals surface area (Å²) in [6, 6.07) is 17.1. The van der Waals surface area contributed by atoms with Gasteiger partial charge in [-0.2, -0.15) is 0 Å². The zero-order chi connectivity index (χ0) is 10.3. The Kier molecular flexibility index (Phi) is 1.86. The Hall–Kier alpha value is -1.60. The molecule has 0 spiro atoms. The van der Waals surface area contributed by atoms with Crippen molar-refractivity contribution in [2.75, 3.05) is 0 Å². The van der Waals surface area contributed by atoms with Crippen LogP contribution < -0.4 is 0 Å². The Morgan fingerprint density at radius 2 is 1.87 bits per heavy atom. The van der Waals surface area contributed by atoms with Crippen molar-refractivity contribution >= 4 is 0 Å². The van der Waals surface area contributed by atoms with Crippen LogP contribution in [0.25, 0.3) is 0 Å². The quantitative estimate of drug-likeness (QED) is 0.684. The lowest BCUT2D eigenvalue weighted by Gasteiger charge is -2.24. The maximum atomic E-state index is 10.2. The van der Waals surface area contributed by atoms with Crippen LogP contribution >= 0.6 is 0 Å². The van der Waals surface area contributed by atoms with Crippen LogP contribution in [0.4, 0.5) is 0 Å². The van der Waals surface area contributed by atoms with Crippen LogP contribution in [0.15, 0.2) is 42.5 Å². The molecule has 1 unspecified atom stereocenters. The van der Waals surface area contributed by atoms with Crippen LogP contribution in [0, 0.1) is 6.07 Å². The first-order chi connectivity index (χ1) is 7.36. The highest BCUT2D eigenvalue weighted by Gasteiger charge is 2.22. The van der Waals surface area contributed by atoms with Gasteiger partial charge in [-0.3, -0.25) is 0 Å². The third kappa shape index (κ3) is 1.28. The second-order valence-corrected chi connectivity index (χ2v) is 3.89. The molecule has 1 radical (unpaired) electrons. The van der Waals surface area contributed by atoms with E-state index in [0.29, 0.717) is 0 Å². The van der Waals surface area contributed by atoms with E-state index in [2.05, 4.69) is 18.2 Å². The Balaban J connectivity index is 2.20. The van der Waals surface area contributed by atoms with Gasteiger partial charge in [0.25, 0.3) is 0 Å². The predicted molar refractivity (Wildman–Crippen MR) is 58.6 cm³/mol. The number of benzene rings is 2. The van der Waals surface area contributed by atoms with Gasteiger partial charge in [0.2, 0.25) is 0 Å². The zero-order valence-corrected chi connectivity index (χ0v) is 8.27. The third-order valence-corrected chi connectivity index (χ3v) is 2.98. The van der Waals surface area contributed by atoms with E-state index in [4.69, 9.17) is 0 Å². The Labute approximate surface area is 89.0 Å². The van der Waals surface area contributed by atoms with Crippen LogP contribution in [-0.2, 0) is 6.42 Å². The molecule has 0 aliphatic heterocycles. The highest BCUT2D eigenvalue weighted by atomic mass is 16.3. The number of fused-ring (bicyclic) bond motifs is 2. The maximum Gasteiger partial charge on any atom is 0.105 e. The Morgan fingerprint density at radius 1 is 1.07 bits per heavy atom. The van der Waals surface area contributed by atoms with E-state index in [9.17, 15) is 5.11 Å². The van der Waals surface area contributed by atoms with Crippen LogP contribution in [0.1, 0.15) is 28.4 Å². The fourth-order valence-corrected chi connectivity index (χ4v) is 2.22. The fraction of sp³-hybridized carbons (Fsp3) is 0.143. The summed E-state index contributed by atoms with van der Waals surface area (Å²) in [7, 11) is 0. The molecule has 0 amide bonds. The molecule has 0 saturated heterocycles. The van der Waals surface area contributed by atoms with Gasteiger partial charge in [-0.15, -0.1) is 0 Å². The first-order valence-electron chi connectivity index (χ1n) is 5.11. The van der Waals surface area contributed by atoms with Gasteiger partial charge in [0.15, 0.2) is 0 Å². The number of rotatable bonds is 0. The fourth-order valence-electron chi connectivity index (χ4n) is 2.22. The number of aliphatic hydroxyl groups is 1. The third-order valence-electron chi connectivity index (χ3n) is 2.98. The molecule has 2 aromatic rings. The molecular weight excluding hydrogens is 184 g/mol. The van der Waals surface area contributed by atoms with E-state index in [1.54, 1.807) is 0 Å². The second kappa shape index (κ2) is 3.21. The summed E-state index contributed by atoms with van der Waals surface area (Å²) >= 11 is 0. The van der Waals surface area contributed by atoms with Crippen molar-refractivity contribution < 1.29 is 5.11 Å². The first-order valence-corrected chi connectivity index (χ1v) is 5.11. The van der Waals surface area contributed by atoms with E-state index >= 15 is 0 Å². The summed E-state index contributed by atoms with van der Waals surface area (Å²) in [5, 5.41) is 10.2. The number of hydrogen-bond acceptors (Lipinski definition) is 1. The zero-order valence-electron chi connectivity index (χ0n) is 8.27. The minimum absolute atomic E-state index is 0.508. The van der Waals surface area contributed by atoms with Crippen molar-refractivity contribution in [1.29, 1.82) is 0 Å². The molecule has 1 atom stereocenters. The average molecular weight is 195 g/mol. The van der Waals surface area contributed by atoms with Gasteiger partial charge < -0.3 is 5.11 Å². The number of aliphatic hydroxyl groups excluding tert-OH is 1. The molecule has 15 heavy (non-hydrogen) atoms. The van der Waals surface area contributed by atoms with E-state index in [1.807, 2.05) is 30.3 Å². The van der Waals surface area contributed by atoms with Gasteiger partial charge in [-0.05, 0) is 34.7 Å². The van der Waals surface area contributed by atoms with Crippen LogP contribution in [0.5, 0.6) is 0 Å². The van der Waals surface area contributed by atoms with Crippen molar-refractivity contribution in [3.05, 3.63) is 70.8 Å².